The molecule has 0 aromatic heterocycles. The number of carbonyl (C=O) groups excluding carboxylic acids is 1. The molecule has 0 heterocycles. The number of anilines is 1. The third kappa shape index (κ3) is 5.47. The minimum absolute atomic E-state index is 0.00260. The van der Waals surface area contributed by atoms with E-state index in [1.54, 1.807) is 49.2 Å². The Labute approximate surface area is 156 Å². The van der Waals surface area contributed by atoms with Gasteiger partial charge in [-0.25, -0.2) is 0 Å². The summed E-state index contributed by atoms with van der Waals surface area (Å²) in [5.41, 5.74) is -0.0340. The Morgan fingerprint density at radius 1 is 1.15 bits per heavy atom. The first-order chi connectivity index (χ1) is 12.7. The van der Waals surface area contributed by atoms with Crippen molar-refractivity contribution in [2.45, 2.75) is 32.6 Å². The van der Waals surface area contributed by atoms with Crippen LogP contribution < -0.4 is 10.1 Å². The van der Waals surface area contributed by atoms with Crippen molar-refractivity contribution >= 4 is 11.6 Å². The fraction of sp³-hybridized carbons (Fsp3) is 0.350. The molecule has 0 aliphatic heterocycles. The Kier molecular flexibility index (Phi) is 6.85. The van der Waals surface area contributed by atoms with E-state index in [1.165, 1.54) is 12.1 Å². The number of likely N-dealkylation sites (N-methyl/N-ethyl adjacent to an activating group) is 1. The molecule has 2 aromatic rings. The largest absolute Gasteiger partial charge is 0.492 e. The van der Waals surface area contributed by atoms with Crippen molar-refractivity contribution in [3.8, 4) is 5.75 Å². The molecule has 1 N–H and O–H groups in total. The molecule has 0 spiro atoms. The first kappa shape index (κ1) is 20.8. The van der Waals surface area contributed by atoms with E-state index >= 15 is 0 Å². The summed E-state index contributed by atoms with van der Waals surface area (Å²) in [6.45, 7) is 3.94. The van der Waals surface area contributed by atoms with E-state index in [1.807, 2.05) is 6.92 Å². The molecule has 0 bridgehead atoms. The molecular weight excluding hydrogens is 357 g/mol. The van der Waals surface area contributed by atoms with Crippen molar-refractivity contribution in [1.29, 1.82) is 0 Å². The highest BCUT2D eigenvalue weighted by Gasteiger charge is 2.33. The molecule has 2 rings (SSSR count). The predicted octanol–water partition coefficient (Wildman–Crippen LogP) is 4.56. The summed E-state index contributed by atoms with van der Waals surface area (Å²) in [4.78, 5) is 14.1. The second-order valence-electron chi connectivity index (χ2n) is 6.16. The van der Waals surface area contributed by atoms with Crippen LogP contribution in [0.15, 0.2) is 48.5 Å². The highest BCUT2D eigenvalue weighted by Crippen LogP contribution is 2.32. The zero-order valence-corrected chi connectivity index (χ0v) is 15.5. The quantitative estimate of drug-likeness (QED) is 0.765. The smallest absolute Gasteiger partial charge is 0.416 e. The number of para-hydroxylation sites is 2. The van der Waals surface area contributed by atoms with E-state index in [9.17, 15) is 18.0 Å². The van der Waals surface area contributed by atoms with Crippen molar-refractivity contribution in [2.75, 3.05) is 19.0 Å². The Bertz CT molecular complexity index is 778. The third-order valence-electron chi connectivity index (χ3n) is 4.23. The van der Waals surface area contributed by atoms with E-state index in [4.69, 9.17) is 4.74 Å². The Balaban J connectivity index is 2.10. The lowest BCUT2D eigenvalue weighted by Crippen LogP contribution is -2.39. The molecule has 0 fully saturated rings. The van der Waals surface area contributed by atoms with Crippen molar-refractivity contribution in [3.63, 3.8) is 0 Å². The van der Waals surface area contributed by atoms with Crippen molar-refractivity contribution in [1.82, 2.24) is 4.90 Å². The number of hydrogen-bond donors (Lipinski definition) is 1. The van der Waals surface area contributed by atoms with Gasteiger partial charge in [0, 0.05) is 6.54 Å². The summed E-state index contributed by atoms with van der Waals surface area (Å²) in [7, 11) is 1.62. The van der Waals surface area contributed by atoms with Crippen LogP contribution >= 0.6 is 0 Å². The normalized spacial score (nSPS) is 12.7. The molecule has 0 aliphatic carbocycles. The minimum atomic E-state index is -4.43. The summed E-state index contributed by atoms with van der Waals surface area (Å²) in [5.74, 6) is 0.222. The highest BCUT2D eigenvalue weighted by molar-refractivity contribution is 5.95. The maximum Gasteiger partial charge on any atom is 0.416 e. The molecule has 0 saturated heterocycles. The van der Waals surface area contributed by atoms with Gasteiger partial charge >= 0.3 is 6.18 Å². The first-order valence-corrected chi connectivity index (χ1v) is 8.62. The van der Waals surface area contributed by atoms with Gasteiger partial charge < -0.3 is 10.1 Å². The van der Waals surface area contributed by atoms with Crippen LogP contribution in [0.25, 0.3) is 0 Å². The molecule has 4 nitrogen and oxygen atoms in total. The second kappa shape index (κ2) is 8.90. The molecule has 0 aliphatic rings. The summed E-state index contributed by atoms with van der Waals surface area (Å²) in [5, 5.41) is 2.78. The molecule has 1 unspecified atom stereocenters. The number of carbonyl (C=O) groups is 1. The lowest BCUT2D eigenvalue weighted by Gasteiger charge is -2.25. The summed E-state index contributed by atoms with van der Waals surface area (Å²) >= 11 is 0. The summed E-state index contributed by atoms with van der Waals surface area (Å²) in [6, 6.07) is 11.8. The van der Waals surface area contributed by atoms with Crippen molar-refractivity contribution in [3.05, 3.63) is 59.7 Å². The van der Waals surface area contributed by atoms with Crippen LogP contribution in [0.4, 0.5) is 18.9 Å². The third-order valence-corrected chi connectivity index (χ3v) is 4.23. The SMILES string of the molecule is CCOc1ccccc1NC(=O)C(C)N(C)Cc1ccccc1C(F)(F)F. The molecule has 0 radical (unpaired) electrons. The molecule has 0 saturated carbocycles. The Morgan fingerprint density at radius 2 is 1.78 bits per heavy atom. The maximum absolute atomic E-state index is 13.2. The van der Waals surface area contributed by atoms with Gasteiger partial charge in [0.2, 0.25) is 5.91 Å². The number of hydrogen-bond acceptors (Lipinski definition) is 3. The van der Waals surface area contributed by atoms with E-state index in [0.29, 0.717) is 18.0 Å². The van der Waals surface area contributed by atoms with E-state index in [-0.39, 0.29) is 18.0 Å². The lowest BCUT2D eigenvalue weighted by molar-refractivity contribution is -0.138. The van der Waals surface area contributed by atoms with Crippen LogP contribution in [0.3, 0.4) is 0 Å². The zero-order valence-electron chi connectivity index (χ0n) is 15.5. The van der Waals surface area contributed by atoms with Gasteiger partial charge in [0.25, 0.3) is 0 Å². The average Bonchev–Trinajstić information content (AvgIpc) is 2.62. The van der Waals surface area contributed by atoms with Gasteiger partial charge in [-0.15, -0.1) is 0 Å². The van der Waals surface area contributed by atoms with Gasteiger partial charge in [-0.1, -0.05) is 30.3 Å². The number of benzene rings is 2. The minimum Gasteiger partial charge on any atom is -0.492 e. The summed E-state index contributed by atoms with van der Waals surface area (Å²) in [6.07, 6.45) is -4.43. The second-order valence-corrected chi connectivity index (χ2v) is 6.16. The number of ether oxygens (including phenoxy) is 1. The first-order valence-electron chi connectivity index (χ1n) is 8.62. The molecular formula is C20H23F3N2O2. The van der Waals surface area contributed by atoms with Gasteiger partial charge in [0.1, 0.15) is 5.75 Å². The molecule has 1 amide bonds. The highest BCUT2D eigenvalue weighted by atomic mass is 19.4. The number of amides is 1. The van der Waals surface area contributed by atoms with Crippen LogP contribution in [-0.4, -0.2) is 30.5 Å². The number of halogens is 3. The fourth-order valence-corrected chi connectivity index (χ4v) is 2.63. The lowest BCUT2D eigenvalue weighted by atomic mass is 10.1. The van der Waals surface area contributed by atoms with Gasteiger partial charge in [-0.05, 0) is 44.7 Å². The number of nitrogens with zero attached hydrogens (tertiary/aromatic N) is 1. The van der Waals surface area contributed by atoms with Crippen LogP contribution in [-0.2, 0) is 17.5 Å². The number of alkyl halides is 3. The molecule has 146 valence electrons. The van der Waals surface area contributed by atoms with Gasteiger partial charge in [-0.3, -0.25) is 9.69 Å². The number of rotatable bonds is 7. The van der Waals surface area contributed by atoms with Gasteiger partial charge in [0.15, 0.2) is 0 Å². The van der Waals surface area contributed by atoms with E-state index < -0.39 is 17.8 Å². The van der Waals surface area contributed by atoms with Gasteiger partial charge in [0.05, 0.1) is 23.9 Å². The fourth-order valence-electron chi connectivity index (χ4n) is 2.63. The maximum atomic E-state index is 13.2. The van der Waals surface area contributed by atoms with Crippen LogP contribution in [0.1, 0.15) is 25.0 Å². The van der Waals surface area contributed by atoms with Crippen LogP contribution in [0.2, 0.25) is 0 Å². The molecule has 2 aromatic carbocycles. The molecule has 7 heteroatoms. The van der Waals surface area contributed by atoms with Crippen LogP contribution in [0.5, 0.6) is 5.75 Å². The van der Waals surface area contributed by atoms with Gasteiger partial charge in [-0.2, -0.15) is 13.2 Å². The van der Waals surface area contributed by atoms with Crippen molar-refractivity contribution < 1.29 is 22.7 Å². The molecule has 27 heavy (non-hydrogen) atoms. The van der Waals surface area contributed by atoms with Crippen LogP contribution in [0, 0.1) is 0 Å². The van der Waals surface area contributed by atoms with E-state index in [2.05, 4.69) is 5.32 Å². The Hall–Kier alpha value is -2.54. The molecule has 1 atom stereocenters. The topological polar surface area (TPSA) is 41.6 Å². The zero-order chi connectivity index (χ0) is 20.0. The monoisotopic (exact) mass is 380 g/mol. The average molecular weight is 380 g/mol. The van der Waals surface area contributed by atoms with Crippen molar-refractivity contribution in [2.24, 2.45) is 0 Å². The predicted molar refractivity (Wildman–Crippen MR) is 98.6 cm³/mol. The Morgan fingerprint density at radius 3 is 2.44 bits per heavy atom. The standard InChI is InChI=1S/C20H23F3N2O2/c1-4-27-18-12-8-7-11-17(18)24-19(26)14(2)25(3)13-15-9-5-6-10-16(15)20(21,22)23/h5-12,14H,4,13H2,1-3H3,(H,24,26). The van der Waals surface area contributed by atoms with E-state index in [0.717, 1.165) is 6.07 Å². The summed E-state index contributed by atoms with van der Waals surface area (Å²) < 4.78 is 44.9. The number of nitrogens with one attached hydrogen (secondary N) is 1.